The quantitative estimate of drug-likeness (QED) is 0.289. The van der Waals surface area contributed by atoms with Gasteiger partial charge in [-0.15, -0.1) is 0 Å². The summed E-state index contributed by atoms with van der Waals surface area (Å²) in [5, 5.41) is 0. The Bertz CT molecular complexity index is 766. The number of ether oxygens (including phenoxy) is 2. The molecular weight excluding hydrogens is 344 g/mol. The smallest absolute Gasteiger partial charge is 0.379 e. The first kappa shape index (κ1) is 20.4. The zero-order valence-electron chi connectivity index (χ0n) is 15.6. The van der Waals surface area contributed by atoms with Gasteiger partial charge in [-0.25, -0.2) is 9.59 Å². The van der Waals surface area contributed by atoms with E-state index in [1.54, 1.807) is 54.6 Å². The molecular formula is C22H24O5. The van der Waals surface area contributed by atoms with Crippen LogP contribution in [0.25, 0.3) is 0 Å². The lowest BCUT2D eigenvalue weighted by Crippen LogP contribution is -2.26. The van der Waals surface area contributed by atoms with Crippen molar-refractivity contribution in [3.8, 4) is 0 Å². The van der Waals surface area contributed by atoms with Crippen LogP contribution < -0.4 is 0 Å². The molecule has 0 aliphatic carbocycles. The Kier molecular flexibility index (Phi) is 7.29. The second-order valence-electron chi connectivity index (χ2n) is 7.04. The number of esters is 2. The number of carbonyl (C=O) groups is 3. The summed E-state index contributed by atoms with van der Waals surface area (Å²) >= 11 is 0. The van der Waals surface area contributed by atoms with E-state index in [0.717, 1.165) is 0 Å². The highest BCUT2D eigenvalue weighted by Gasteiger charge is 2.24. The average molecular weight is 368 g/mol. The van der Waals surface area contributed by atoms with Crippen molar-refractivity contribution >= 4 is 17.7 Å². The van der Waals surface area contributed by atoms with Gasteiger partial charge in [0.2, 0.25) is 0 Å². The van der Waals surface area contributed by atoms with E-state index in [1.165, 1.54) is 0 Å². The molecule has 0 amide bonds. The van der Waals surface area contributed by atoms with Crippen molar-refractivity contribution in [3.63, 3.8) is 0 Å². The predicted octanol–water partition coefficient (Wildman–Crippen LogP) is 4.08. The Morgan fingerprint density at radius 3 is 1.96 bits per heavy atom. The van der Waals surface area contributed by atoms with Gasteiger partial charge in [-0.1, -0.05) is 62.4 Å². The highest BCUT2D eigenvalue weighted by Crippen LogP contribution is 2.23. The SMILES string of the molecule is CC(C)(CCCOC(=O)c1ccccc1)COC(=O)C(=O)c1ccccc1. The van der Waals surface area contributed by atoms with Crippen LogP contribution in [-0.2, 0) is 14.3 Å². The highest BCUT2D eigenvalue weighted by atomic mass is 16.5. The van der Waals surface area contributed by atoms with Gasteiger partial charge in [0.15, 0.2) is 0 Å². The molecule has 142 valence electrons. The van der Waals surface area contributed by atoms with Crippen molar-refractivity contribution in [1.82, 2.24) is 0 Å². The summed E-state index contributed by atoms with van der Waals surface area (Å²) in [6.07, 6.45) is 1.32. The number of rotatable bonds is 9. The van der Waals surface area contributed by atoms with Crippen LogP contribution in [0, 0.1) is 5.41 Å². The summed E-state index contributed by atoms with van der Waals surface area (Å²) in [7, 11) is 0. The molecule has 5 nitrogen and oxygen atoms in total. The van der Waals surface area contributed by atoms with Crippen LogP contribution in [0.2, 0.25) is 0 Å². The molecule has 0 heterocycles. The first-order valence-corrected chi connectivity index (χ1v) is 8.88. The second-order valence-corrected chi connectivity index (χ2v) is 7.04. The van der Waals surface area contributed by atoms with Crippen LogP contribution in [-0.4, -0.2) is 30.9 Å². The van der Waals surface area contributed by atoms with Crippen molar-refractivity contribution < 1.29 is 23.9 Å². The Morgan fingerprint density at radius 2 is 1.37 bits per heavy atom. The first-order chi connectivity index (χ1) is 12.9. The van der Waals surface area contributed by atoms with Crippen molar-refractivity contribution in [2.75, 3.05) is 13.2 Å². The van der Waals surface area contributed by atoms with Crippen molar-refractivity contribution in [2.24, 2.45) is 5.41 Å². The molecule has 0 radical (unpaired) electrons. The molecule has 5 heteroatoms. The van der Waals surface area contributed by atoms with Crippen molar-refractivity contribution in [3.05, 3.63) is 71.8 Å². The summed E-state index contributed by atoms with van der Waals surface area (Å²) < 4.78 is 10.4. The molecule has 0 aromatic heterocycles. The molecule has 0 unspecified atom stereocenters. The normalized spacial score (nSPS) is 10.9. The molecule has 2 aromatic carbocycles. The Hall–Kier alpha value is -2.95. The third kappa shape index (κ3) is 6.70. The van der Waals surface area contributed by atoms with Gasteiger partial charge >= 0.3 is 11.9 Å². The molecule has 0 atom stereocenters. The standard InChI is InChI=1S/C22H24O5/c1-22(2,14-9-15-26-20(24)18-12-7-4-8-13-18)16-27-21(25)19(23)17-10-5-3-6-11-17/h3-8,10-13H,9,14-16H2,1-2H3. The number of carbonyl (C=O) groups excluding carboxylic acids is 3. The predicted molar refractivity (Wildman–Crippen MR) is 101 cm³/mol. The fourth-order valence-corrected chi connectivity index (χ4v) is 2.48. The number of Topliss-reactive ketones (excluding diaryl/α,β-unsaturated/α-hetero) is 1. The summed E-state index contributed by atoms with van der Waals surface area (Å²) in [5.74, 6) is -1.86. The van der Waals surface area contributed by atoms with Crippen LogP contribution in [0.5, 0.6) is 0 Å². The molecule has 27 heavy (non-hydrogen) atoms. The maximum absolute atomic E-state index is 12.0. The van der Waals surface area contributed by atoms with E-state index in [2.05, 4.69) is 0 Å². The minimum atomic E-state index is -0.857. The molecule has 2 aromatic rings. The Morgan fingerprint density at radius 1 is 0.815 bits per heavy atom. The molecule has 0 saturated carbocycles. The topological polar surface area (TPSA) is 69.7 Å². The molecule has 0 bridgehead atoms. The molecule has 0 aliphatic rings. The number of benzene rings is 2. The van der Waals surface area contributed by atoms with Gasteiger partial charge in [-0.2, -0.15) is 0 Å². The van der Waals surface area contributed by atoms with Crippen molar-refractivity contribution in [1.29, 1.82) is 0 Å². The van der Waals surface area contributed by atoms with E-state index in [1.807, 2.05) is 19.9 Å². The molecule has 0 spiro atoms. The highest BCUT2D eigenvalue weighted by molar-refractivity contribution is 6.40. The average Bonchev–Trinajstić information content (AvgIpc) is 2.70. The third-order valence-corrected chi connectivity index (χ3v) is 4.06. The summed E-state index contributed by atoms with van der Waals surface area (Å²) in [6.45, 7) is 4.28. The maximum atomic E-state index is 12.0. The van der Waals surface area contributed by atoms with Crippen LogP contribution in [0.15, 0.2) is 60.7 Å². The third-order valence-electron chi connectivity index (χ3n) is 4.06. The molecule has 2 rings (SSSR count). The minimum Gasteiger partial charge on any atom is -0.462 e. The number of hydrogen-bond donors (Lipinski definition) is 0. The Labute approximate surface area is 159 Å². The summed E-state index contributed by atoms with van der Waals surface area (Å²) in [5.41, 5.74) is 0.504. The number of hydrogen-bond acceptors (Lipinski definition) is 5. The zero-order chi connectivity index (χ0) is 19.7. The minimum absolute atomic E-state index is 0.122. The maximum Gasteiger partial charge on any atom is 0.379 e. The van der Waals surface area contributed by atoms with Gasteiger partial charge in [0, 0.05) is 5.56 Å². The molecule has 0 aliphatic heterocycles. The van der Waals surface area contributed by atoms with E-state index in [4.69, 9.17) is 9.47 Å². The number of ketones is 1. The van der Waals surface area contributed by atoms with Crippen LogP contribution in [0.3, 0.4) is 0 Å². The van der Waals surface area contributed by atoms with E-state index in [-0.39, 0.29) is 24.6 Å². The first-order valence-electron chi connectivity index (χ1n) is 8.88. The fraction of sp³-hybridized carbons (Fsp3) is 0.318. The van der Waals surface area contributed by atoms with Gasteiger partial charge in [0.05, 0.1) is 18.8 Å². The lowest BCUT2D eigenvalue weighted by molar-refractivity contribution is -0.141. The Balaban J connectivity index is 1.71. The van der Waals surface area contributed by atoms with Crippen LogP contribution in [0.4, 0.5) is 0 Å². The fourth-order valence-electron chi connectivity index (χ4n) is 2.48. The van der Waals surface area contributed by atoms with Crippen molar-refractivity contribution in [2.45, 2.75) is 26.7 Å². The van der Waals surface area contributed by atoms with E-state index in [9.17, 15) is 14.4 Å². The second kappa shape index (κ2) is 9.67. The zero-order valence-corrected chi connectivity index (χ0v) is 15.6. The van der Waals surface area contributed by atoms with E-state index in [0.29, 0.717) is 24.0 Å². The monoisotopic (exact) mass is 368 g/mol. The summed E-state index contributed by atoms with van der Waals surface area (Å²) in [4.78, 5) is 35.8. The molecule has 0 saturated heterocycles. The van der Waals surface area contributed by atoms with E-state index < -0.39 is 11.8 Å². The lowest BCUT2D eigenvalue weighted by atomic mass is 9.89. The van der Waals surface area contributed by atoms with Gasteiger partial charge < -0.3 is 9.47 Å². The summed E-state index contributed by atoms with van der Waals surface area (Å²) in [6, 6.07) is 17.1. The molecule has 0 N–H and O–H groups in total. The van der Waals surface area contributed by atoms with Crippen LogP contribution >= 0.6 is 0 Å². The largest absolute Gasteiger partial charge is 0.462 e. The van der Waals surface area contributed by atoms with Gasteiger partial charge in [0.1, 0.15) is 0 Å². The van der Waals surface area contributed by atoms with Crippen LogP contribution in [0.1, 0.15) is 47.4 Å². The van der Waals surface area contributed by atoms with E-state index >= 15 is 0 Å². The van der Waals surface area contributed by atoms with Gasteiger partial charge in [0.25, 0.3) is 5.78 Å². The molecule has 0 fully saturated rings. The van der Waals surface area contributed by atoms with Gasteiger partial charge in [-0.05, 0) is 30.4 Å². The lowest BCUT2D eigenvalue weighted by Gasteiger charge is -2.23. The van der Waals surface area contributed by atoms with Gasteiger partial charge in [-0.3, -0.25) is 4.79 Å².